The van der Waals surface area contributed by atoms with Gasteiger partial charge in [0.2, 0.25) is 0 Å². The van der Waals surface area contributed by atoms with Crippen molar-refractivity contribution >= 4 is 5.82 Å². The van der Waals surface area contributed by atoms with Crippen LogP contribution in [0.2, 0.25) is 0 Å². The fraction of sp³-hybridized carbons (Fsp3) is 0.800. The van der Waals surface area contributed by atoms with Gasteiger partial charge in [-0.15, -0.1) is 0 Å². The van der Waals surface area contributed by atoms with Crippen molar-refractivity contribution in [3.8, 4) is 0 Å². The molecule has 0 saturated carbocycles. The maximum Gasteiger partial charge on any atom is 0.130 e. The lowest BCUT2D eigenvalue weighted by molar-refractivity contribution is 0.372. The third-order valence-corrected chi connectivity index (χ3v) is 4.25. The van der Waals surface area contributed by atoms with Crippen molar-refractivity contribution in [3.05, 3.63) is 11.3 Å². The van der Waals surface area contributed by atoms with Gasteiger partial charge in [0, 0.05) is 31.2 Å². The van der Waals surface area contributed by atoms with E-state index >= 15 is 0 Å². The zero-order chi connectivity index (χ0) is 14.2. The molecule has 3 unspecified atom stereocenters. The molecule has 1 saturated heterocycles. The SMILES string of the molecule is Cc1nn(C)c(N2CCC(C)CC2C)c1CC(C)N. The van der Waals surface area contributed by atoms with E-state index in [4.69, 9.17) is 5.73 Å². The van der Waals surface area contributed by atoms with Gasteiger partial charge < -0.3 is 10.6 Å². The van der Waals surface area contributed by atoms with E-state index in [0.717, 1.165) is 24.6 Å². The van der Waals surface area contributed by atoms with Crippen LogP contribution in [0.5, 0.6) is 0 Å². The Balaban J connectivity index is 2.32. The van der Waals surface area contributed by atoms with Gasteiger partial charge in [0.25, 0.3) is 0 Å². The molecule has 4 heteroatoms. The number of nitrogens with two attached hydrogens (primary N) is 1. The monoisotopic (exact) mass is 264 g/mol. The summed E-state index contributed by atoms with van der Waals surface area (Å²) in [6.07, 6.45) is 3.45. The Kier molecular flexibility index (Phi) is 4.19. The summed E-state index contributed by atoms with van der Waals surface area (Å²) in [5.74, 6) is 2.12. The summed E-state index contributed by atoms with van der Waals surface area (Å²) in [6.45, 7) is 9.97. The van der Waals surface area contributed by atoms with E-state index in [-0.39, 0.29) is 6.04 Å². The molecular weight excluding hydrogens is 236 g/mol. The predicted molar refractivity (Wildman–Crippen MR) is 80.5 cm³/mol. The topological polar surface area (TPSA) is 47.1 Å². The molecule has 1 aliphatic heterocycles. The van der Waals surface area contributed by atoms with Crippen molar-refractivity contribution in [2.24, 2.45) is 18.7 Å². The lowest BCUT2D eigenvalue weighted by Gasteiger charge is -2.38. The second-order valence-corrected chi connectivity index (χ2v) is 6.36. The Morgan fingerprint density at radius 2 is 2.11 bits per heavy atom. The second kappa shape index (κ2) is 5.53. The van der Waals surface area contributed by atoms with E-state index in [1.54, 1.807) is 0 Å². The Morgan fingerprint density at radius 3 is 2.68 bits per heavy atom. The van der Waals surface area contributed by atoms with E-state index in [9.17, 15) is 0 Å². The highest BCUT2D eigenvalue weighted by atomic mass is 15.4. The quantitative estimate of drug-likeness (QED) is 0.911. The number of aromatic nitrogens is 2. The third kappa shape index (κ3) is 2.94. The van der Waals surface area contributed by atoms with E-state index in [2.05, 4.69) is 44.7 Å². The molecule has 108 valence electrons. The zero-order valence-corrected chi connectivity index (χ0v) is 13.0. The number of hydrogen-bond donors (Lipinski definition) is 1. The first-order chi connectivity index (χ1) is 8.90. The minimum Gasteiger partial charge on any atom is -0.354 e. The van der Waals surface area contributed by atoms with Crippen LogP contribution in [0.15, 0.2) is 0 Å². The molecule has 0 aromatic carbocycles. The Bertz CT molecular complexity index is 436. The Labute approximate surface area is 117 Å². The minimum atomic E-state index is 0.181. The fourth-order valence-electron chi connectivity index (χ4n) is 3.33. The van der Waals surface area contributed by atoms with Crippen LogP contribution in [-0.4, -0.2) is 28.4 Å². The first kappa shape index (κ1) is 14.4. The van der Waals surface area contributed by atoms with Gasteiger partial charge >= 0.3 is 0 Å². The second-order valence-electron chi connectivity index (χ2n) is 6.36. The number of hydrogen-bond acceptors (Lipinski definition) is 3. The predicted octanol–water partition coefficient (Wildman–Crippen LogP) is 2.24. The zero-order valence-electron chi connectivity index (χ0n) is 13.0. The normalized spacial score (nSPS) is 25.7. The van der Waals surface area contributed by atoms with Gasteiger partial charge in [0.05, 0.1) is 5.69 Å². The number of aryl methyl sites for hydroxylation is 2. The highest BCUT2D eigenvalue weighted by Crippen LogP contribution is 2.31. The number of anilines is 1. The first-order valence-electron chi connectivity index (χ1n) is 7.44. The van der Waals surface area contributed by atoms with Crippen molar-refractivity contribution in [3.63, 3.8) is 0 Å². The highest BCUT2D eigenvalue weighted by Gasteiger charge is 2.28. The molecule has 1 aliphatic rings. The molecule has 0 radical (unpaired) electrons. The van der Waals surface area contributed by atoms with Gasteiger partial charge in [0.15, 0.2) is 0 Å². The summed E-state index contributed by atoms with van der Waals surface area (Å²) < 4.78 is 2.04. The van der Waals surface area contributed by atoms with Crippen LogP contribution in [0.1, 0.15) is 44.9 Å². The molecule has 0 amide bonds. The maximum absolute atomic E-state index is 6.00. The van der Waals surface area contributed by atoms with Gasteiger partial charge in [-0.25, -0.2) is 0 Å². The summed E-state index contributed by atoms with van der Waals surface area (Å²) in [4.78, 5) is 2.53. The average molecular weight is 264 g/mol. The summed E-state index contributed by atoms with van der Waals surface area (Å²) in [7, 11) is 2.05. The number of nitrogens with zero attached hydrogens (tertiary/aromatic N) is 3. The molecule has 0 bridgehead atoms. The largest absolute Gasteiger partial charge is 0.354 e. The maximum atomic E-state index is 6.00. The van der Waals surface area contributed by atoms with Gasteiger partial charge in [-0.2, -0.15) is 5.10 Å². The summed E-state index contributed by atoms with van der Waals surface area (Å²) in [5.41, 5.74) is 8.46. The van der Waals surface area contributed by atoms with Crippen molar-refractivity contribution in [2.75, 3.05) is 11.4 Å². The van der Waals surface area contributed by atoms with Crippen molar-refractivity contribution < 1.29 is 0 Å². The lowest BCUT2D eigenvalue weighted by Crippen LogP contribution is -2.42. The van der Waals surface area contributed by atoms with Crippen LogP contribution >= 0.6 is 0 Å². The van der Waals surface area contributed by atoms with E-state index in [1.165, 1.54) is 24.2 Å². The number of piperidine rings is 1. The smallest absolute Gasteiger partial charge is 0.130 e. The summed E-state index contributed by atoms with van der Waals surface area (Å²) in [5, 5.41) is 4.61. The molecule has 4 nitrogen and oxygen atoms in total. The number of rotatable bonds is 3. The lowest BCUT2D eigenvalue weighted by atomic mass is 9.93. The van der Waals surface area contributed by atoms with Crippen molar-refractivity contribution in [2.45, 2.75) is 59.0 Å². The molecule has 1 aromatic rings. The Morgan fingerprint density at radius 1 is 1.42 bits per heavy atom. The van der Waals surface area contributed by atoms with Crippen LogP contribution in [-0.2, 0) is 13.5 Å². The average Bonchev–Trinajstić information content (AvgIpc) is 2.54. The molecule has 2 heterocycles. The van der Waals surface area contributed by atoms with Crippen LogP contribution in [0.25, 0.3) is 0 Å². The first-order valence-corrected chi connectivity index (χ1v) is 7.44. The fourth-order valence-corrected chi connectivity index (χ4v) is 3.33. The molecule has 19 heavy (non-hydrogen) atoms. The molecule has 1 fully saturated rings. The van der Waals surface area contributed by atoms with E-state index in [1.807, 2.05) is 4.68 Å². The third-order valence-electron chi connectivity index (χ3n) is 4.25. The van der Waals surface area contributed by atoms with Gasteiger partial charge in [-0.1, -0.05) is 6.92 Å². The molecule has 1 aromatic heterocycles. The van der Waals surface area contributed by atoms with Crippen LogP contribution in [0.3, 0.4) is 0 Å². The highest BCUT2D eigenvalue weighted by molar-refractivity contribution is 5.51. The van der Waals surface area contributed by atoms with Gasteiger partial charge in [0.1, 0.15) is 5.82 Å². The summed E-state index contributed by atoms with van der Waals surface area (Å²) in [6, 6.07) is 0.769. The summed E-state index contributed by atoms with van der Waals surface area (Å²) >= 11 is 0. The minimum absolute atomic E-state index is 0.181. The van der Waals surface area contributed by atoms with Crippen LogP contribution in [0.4, 0.5) is 5.82 Å². The van der Waals surface area contributed by atoms with Gasteiger partial charge in [-0.05, 0) is 46.0 Å². The van der Waals surface area contributed by atoms with E-state index < -0.39 is 0 Å². The van der Waals surface area contributed by atoms with Crippen LogP contribution in [0, 0.1) is 12.8 Å². The van der Waals surface area contributed by atoms with E-state index in [0.29, 0.717) is 6.04 Å². The molecular formula is C15H28N4. The van der Waals surface area contributed by atoms with Crippen molar-refractivity contribution in [1.82, 2.24) is 9.78 Å². The van der Waals surface area contributed by atoms with Crippen LogP contribution < -0.4 is 10.6 Å². The Hall–Kier alpha value is -1.03. The van der Waals surface area contributed by atoms with Crippen molar-refractivity contribution in [1.29, 1.82) is 0 Å². The molecule has 2 N–H and O–H groups in total. The molecule has 0 aliphatic carbocycles. The standard InChI is InChI=1S/C15H28N4/c1-10-6-7-19(12(3)8-10)15-14(9-11(2)16)13(4)17-18(15)5/h10-12H,6-9,16H2,1-5H3. The molecule has 0 spiro atoms. The molecule has 3 atom stereocenters. The van der Waals surface area contributed by atoms with Gasteiger partial charge in [-0.3, -0.25) is 4.68 Å². The molecule has 2 rings (SSSR count).